The summed E-state index contributed by atoms with van der Waals surface area (Å²) in [5.41, 5.74) is -0.0703. The molecule has 0 saturated heterocycles. The van der Waals surface area contributed by atoms with Crippen molar-refractivity contribution >= 4 is 0 Å². The molecule has 0 aliphatic heterocycles. The van der Waals surface area contributed by atoms with E-state index in [2.05, 4.69) is 10.3 Å². The first kappa shape index (κ1) is 11.2. The van der Waals surface area contributed by atoms with E-state index in [4.69, 9.17) is 4.42 Å². The van der Waals surface area contributed by atoms with E-state index >= 15 is 0 Å². The molecule has 94 valence electrons. The Balaban J connectivity index is 1.65. The van der Waals surface area contributed by atoms with Crippen LogP contribution in [0.25, 0.3) is 0 Å². The van der Waals surface area contributed by atoms with Crippen molar-refractivity contribution in [2.45, 2.75) is 32.0 Å². The summed E-state index contributed by atoms with van der Waals surface area (Å²) >= 11 is 0. The number of nitrogens with zero attached hydrogens (tertiary/aromatic N) is 2. The second-order valence-corrected chi connectivity index (χ2v) is 4.57. The standard InChI is InChI=1S/C13H15N3O2/c17-13-5-6-14-9-16(13)8-12-4-3-11(18-12)7-15-10-1-2-10/h3-6,9-10,15H,1-2,7-8H2. The van der Waals surface area contributed by atoms with Gasteiger partial charge in [0.2, 0.25) is 0 Å². The zero-order chi connectivity index (χ0) is 12.4. The van der Waals surface area contributed by atoms with Crippen LogP contribution in [0.3, 0.4) is 0 Å². The van der Waals surface area contributed by atoms with Crippen molar-refractivity contribution in [1.29, 1.82) is 0 Å². The molecule has 0 spiro atoms. The van der Waals surface area contributed by atoms with Gasteiger partial charge < -0.3 is 9.73 Å². The Bertz CT molecular complexity index is 584. The molecule has 3 rings (SSSR count). The van der Waals surface area contributed by atoms with Gasteiger partial charge in [0, 0.05) is 18.3 Å². The van der Waals surface area contributed by atoms with Gasteiger partial charge in [0.1, 0.15) is 11.5 Å². The number of furan rings is 1. The first-order valence-corrected chi connectivity index (χ1v) is 6.13. The van der Waals surface area contributed by atoms with Gasteiger partial charge in [-0.2, -0.15) is 0 Å². The highest BCUT2D eigenvalue weighted by Gasteiger charge is 2.20. The van der Waals surface area contributed by atoms with Crippen LogP contribution in [0.4, 0.5) is 0 Å². The molecular formula is C13H15N3O2. The highest BCUT2D eigenvalue weighted by molar-refractivity contribution is 5.08. The topological polar surface area (TPSA) is 60.1 Å². The summed E-state index contributed by atoms with van der Waals surface area (Å²) in [5, 5.41) is 3.39. The lowest BCUT2D eigenvalue weighted by Gasteiger charge is -2.01. The number of nitrogens with one attached hydrogen (secondary N) is 1. The van der Waals surface area contributed by atoms with Crippen LogP contribution in [0.1, 0.15) is 24.4 Å². The largest absolute Gasteiger partial charge is 0.463 e. The van der Waals surface area contributed by atoms with E-state index in [1.807, 2.05) is 12.1 Å². The van der Waals surface area contributed by atoms with Crippen LogP contribution in [0.2, 0.25) is 0 Å². The Morgan fingerprint density at radius 3 is 2.94 bits per heavy atom. The second-order valence-electron chi connectivity index (χ2n) is 4.57. The van der Waals surface area contributed by atoms with Gasteiger partial charge in [-0.15, -0.1) is 0 Å². The fraction of sp³-hybridized carbons (Fsp3) is 0.385. The number of hydrogen-bond acceptors (Lipinski definition) is 4. The molecule has 0 aromatic carbocycles. The lowest BCUT2D eigenvalue weighted by atomic mass is 10.4. The van der Waals surface area contributed by atoms with E-state index in [0.717, 1.165) is 18.1 Å². The molecular weight excluding hydrogens is 230 g/mol. The average molecular weight is 245 g/mol. The lowest BCUT2D eigenvalue weighted by Crippen LogP contribution is -2.19. The molecule has 1 fully saturated rings. The van der Waals surface area contributed by atoms with Crippen LogP contribution in [0, 0.1) is 0 Å². The van der Waals surface area contributed by atoms with Crippen LogP contribution in [-0.4, -0.2) is 15.6 Å². The summed E-state index contributed by atoms with van der Waals surface area (Å²) in [5.74, 6) is 1.69. The predicted octanol–water partition coefficient (Wildman–Crippen LogP) is 1.14. The van der Waals surface area contributed by atoms with Gasteiger partial charge in [-0.05, 0) is 25.0 Å². The van der Waals surface area contributed by atoms with E-state index in [1.54, 1.807) is 0 Å². The van der Waals surface area contributed by atoms with E-state index in [1.165, 1.54) is 36.0 Å². The zero-order valence-electron chi connectivity index (χ0n) is 10.0. The second kappa shape index (κ2) is 4.78. The Labute approximate surface area is 104 Å². The molecule has 2 heterocycles. The van der Waals surface area contributed by atoms with Crippen LogP contribution in [0.15, 0.2) is 39.9 Å². The van der Waals surface area contributed by atoms with Crippen molar-refractivity contribution in [3.63, 3.8) is 0 Å². The van der Waals surface area contributed by atoms with Crippen molar-refractivity contribution in [1.82, 2.24) is 14.9 Å². The third-order valence-electron chi connectivity index (χ3n) is 2.98. The minimum Gasteiger partial charge on any atom is -0.463 e. The number of hydrogen-bond donors (Lipinski definition) is 1. The predicted molar refractivity (Wildman–Crippen MR) is 66.2 cm³/mol. The molecule has 0 atom stereocenters. The highest BCUT2D eigenvalue weighted by Crippen LogP contribution is 2.19. The summed E-state index contributed by atoms with van der Waals surface area (Å²) in [4.78, 5) is 15.4. The summed E-state index contributed by atoms with van der Waals surface area (Å²) in [7, 11) is 0. The molecule has 18 heavy (non-hydrogen) atoms. The summed E-state index contributed by atoms with van der Waals surface area (Å²) in [6.07, 6.45) is 5.54. The van der Waals surface area contributed by atoms with Crippen LogP contribution >= 0.6 is 0 Å². The SMILES string of the molecule is O=c1ccncn1Cc1ccc(CNC2CC2)o1. The maximum Gasteiger partial charge on any atom is 0.253 e. The van der Waals surface area contributed by atoms with Crippen LogP contribution in [-0.2, 0) is 13.1 Å². The van der Waals surface area contributed by atoms with Gasteiger partial charge >= 0.3 is 0 Å². The van der Waals surface area contributed by atoms with E-state index < -0.39 is 0 Å². The highest BCUT2D eigenvalue weighted by atomic mass is 16.3. The molecule has 5 heteroatoms. The third kappa shape index (κ3) is 2.68. The molecule has 1 aliphatic rings. The normalized spacial score (nSPS) is 14.9. The van der Waals surface area contributed by atoms with Crippen molar-refractivity contribution in [3.8, 4) is 0 Å². The van der Waals surface area contributed by atoms with Crippen molar-refractivity contribution in [2.75, 3.05) is 0 Å². The summed E-state index contributed by atoms with van der Waals surface area (Å²) in [6, 6.07) is 5.97. The molecule has 1 N–H and O–H groups in total. The smallest absolute Gasteiger partial charge is 0.253 e. The maximum atomic E-state index is 11.5. The Kier molecular flexibility index (Phi) is 2.98. The molecule has 2 aromatic heterocycles. The van der Waals surface area contributed by atoms with Crippen molar-refractivity contribution < 1.29 is 4.42 Å². The molecule has 5 nitrogen and oxygen atoms in total. The third-order valence-corrected chi connectivity index (χ3v) is 2.98. The van der Waals surface area contributed by atoms with E-state index in [9.17, 15) is 4.79 Å². The van der Waals surface area contributed by atoms with Crippen molar-refractivity contribution in [2.24, 2.45) is 0 Å². The summed E-state index contributed by atoms with van der Waals surface area (Å²) < 4.78 is 7.20. The van der Waals surface area contributed by atoms with Crippen LogP contribution < -0.4 is 10.9 Å². The minimum absolute atomic E-state index is 0.0703. The number of aromatic nitrogens is 2. The molecule has 0 amide bonds. The quantitative estimate of drug-likeness (QED) is 0.858. The molecule has 0 bridgehead atoms. The Morgan fingerprint density at radius 2 is 2.17 bits per heavy atom. The molecule has 1 saturated carbocycles. The van der Waals surface area contributed by atoms with Gasteiger partial charge in [0.25, 0.3) is 5.56 Å². The first-order chi connectivity index (χ1) is 8.81. The lowest BCUT2D eigenvalue weighted by molar-refractivity contribution is 0.434. The van der Waals surface area contributed by atoms with Gasteiger partial charge in [-0.1, -0.05) is 0 Å². The number of rotatable bonds is 5. The molecule has 2 aromatic rings. The molecule has 0 radical (unpaired) electrons. The van der Waals surface area contributed by atoms with Gasteiger partial charge in [0.05, 0.1) is 19.4 Å². The first-order valence-electron chi connectivity index (χ1n) is 6.13. The average Bonchev–Trinajstić information content (AvgIpc) is 3.10. The Hall–Kier alpha value is -1.88. The van der Waals surface area contributed by atoms with Crippen molar-refractivity contribution in [3.05, 3.63) is 52.6 Å². The summed E-state index contributed by atoms with van der Waals surface area (Å²) in [6.45, 7) is 1.18. The molecule has 1 aliphatic carbocycles. The fourth-order valence-corrected chi connectivity index (χ4v) is 1.80. The van der Waals surface area contributed by atoms with E-state index in [0.29, 0.717) is 12.6 Å². The maximum absolute atomic E-state index is 11.5. The van der Waals surface area contributed by atoms with E-state index in [-0.39, 0.29) is 5.56 Å². The monoisotopic (exact) mass is 245 g/mol. The fourth-order valence-electron chi connectivity index (χ4n) is 1.80. The molecule has 0 unspecified atom stereocenters. The minimum atomic E-state index is -0.0703. The van der Waals surface area contributed by atoms with Gasteiger partial charge in [-0.3, -0.25) is 9.36 Å². The van der Waals surface area contributed by atoms with Gasteiger partial charge in [0.15, 0.2) is 0 Å². The van der Waals surface area contributed by atoms with Gasteiger partial charge in [-0.25, -0.2) is 4.98 Å². The van der Waals surface area contributed by atoms with Crippen LogP contribution in [0.5, 0.6) is 0 Å². The Morgan fingerprint density at radius 1 is 1.33 bits per heavy atom. The zero-order valence-corrected chi connectivity index (χ0v) is 10.0.